The summed E-state index contributed by atoms with van der Waals surface area (Å²) in [6.45, 7) is 32.1. The van der Waals surface area contributed by atoms with Crippen molar-refractivity contribution in [3.63, 3.8) is 0 Å². The molecule has 0 amide bonds. The molecule has 4 rings (SSSR count). The minimum absolute atomic E-state index is 1.53. The van der Waals surface area contributed by atoms with Crippen LogP contribution in [0.2, 0.25) is 78.6 Å². The maximum Gasteiger partial charge on any atom is 0.136 e. The number of fused-ring (bicyclic) bond motifs is 1. The quantitative estimate of drug-likeness (QED) is 0.338. The van der Waals surface area contributed by atoms with Gasteiger partial charge in [0.2, 0.25) is 0 Å². The molecule has 0 saturated carbocycles. The fraction of sp³-hybridized carbons (Fsp3) is 0.429. The third kappa shape index (κ3) is 3.35. The van der Waals surface area contributed by atoms with Gasteiger partial charge in [0.25, 0.3) is 0 Å². The Balaban J connectivity index is 2.34. The van der Waals surface area contributed by atoms with Crippen molar-refractivity contribution in [2.24, 2.45) is 0 Å². The Morgan fingerprint density at radius 3 is 0.735 bits per heavy atom. The van der Waals surface area contributed by atoms with Gasteiger partial charge in [-0.15, -0.1) is 0 Å². The molecule has 0 fully saturated rings. The van der Waals surface area contributed by atoms with Gasteiger partial charge in [-0.25, -0.2) is 0 Å². The van der Waals surface area contributed by atoms with E-state index in [4.69, 9.17) is 0 Å². The SMILES string of the molecule is C[Si](C)(C)C1=C([Si](C)(C)C)[Si]2(c3ccccc3)C([Si](C)(C)C)=C([Si](C)(C)C)[Si]12c1ccccc1. The van der Waals surface area contributed by atoms with E-state index in [2.05, 4.69) is 159 Å². The van der Waals surface area contributed by atoms with E-state index in [-0.39, 0.29) is 0 Å². The number of hydrogen-bond acceptors (Lipinski definition) is 0. The van der Waals surface area contributed by atoms with E-state index in [0.29, 0.717) is 0 Å². The van der Waals surface area contributed by atoms with Crippen molar-refractivity contribution in [1.29, 1.82) is 0 Å². The molecule has 0 nitrogen and oxygen atoms in total. The Hall–Kier alpha value is -0.779. The molecule has 0 radical (unpaired) electrons. The molecule has 0 aromatic heterocycles. The molecule has 6 heteroatoms. The second-order valence-corrected chi connectivity index (χ2v) is 47.4. The first kappa shape index (κ1) is 26.3. The Bertz CT molecular complexity index is 1020. The van der Waals surface area contributed by atoms with Gasteiger partial charge in [0.1, 0.15) is 15.2 Å². The Morgan fingerprint density at radius 2 is 0.559 bits per heavy atom. The number of hydrogen-bond donors (Lipinski definition) is 0. The minimum atomic E-state index is -1.97. The van der Waals surface area contributed by atoms with Crippen LogP contribution < -0.4 is 10.4 Å². The van der Waals surface area contributed by atoms with E-state index in [1.54, 1.807) is 10.4 Å². The van der Waals surface area contributed by atoms with E-state index < -0.39 is 47.5 Å². The molecule has 0 aliphatic carbocycles. The molecule has 2 aromatic carbocycles. The maximum absolute atomic E-state index is 2.68. The monoisotopic (exact) mass is 550 g/mol. The summed E-state index contributed by atoms with van der Waals surface area (Å²) < 4.78 is 0. The summed E-state index contributed by atoms with van der Waals surface area (Å²) in [5, 5.41) is 3.54. The van der Waals surface area contributed by atoms with Crippen LogP contribution in [-0.4, -0.2) is 47.5 Å². The number of rotatable bonds is 6. The van der Waals surface area contributed by atoms with Gasteiger partial charge in [0.15, 0.2) is 0 Å². The van der Waals surface area contributed by atoms with Crippen molar-refractivity contribution in [1.82, 2.24) is 0 Å². The molecule has 0 saturated heterocycles. The van der Waals surface area contributed by atoms with E-state index in [0.717, 1.165) is 0 Å². The molecule has 34 heavy (non-hydrogen) atoms. The highest BCUT2D eigenvalue weighted by Gasteiger charge is 2.82. The van der Waals surface area contributed by atoms with Crippen LogP contribution in [0.4, 0.5) is 0 Å². The topological polar surface area (TPSA) is 0 Å². The highest BCUT2D eigenvalue weighted by atomic mass is 29.3. The van der Waals surface area contributed by atoms with Crippen molar-refractivity contribution in [2.75, 3.05) is 0 Å². The Morgan fingerprint density at radius 1 is 0.353 bits per heavy atom. The van der Waals surface area contributed by atoms with E-state index in [1.807, 2.05) is 0 Å². The summed E-state index contributed by atoms with van der Waals surface area (Å²) >= 11 is 0. The second-order valence-electron chi connectivity index (χ2n) is 14.7. The lowest BCUT2D eigenvalue weighted by Gasteiger charge is -2.77. The number of benzene rings is 2. The molecular weight excluding hydrogens is 505 g/mol. The summed E-state index contributed by atoms with van der Waals surface area (Å²) in [5.41, 5.74) is 0. The molecule has 0 unspecified atom stereocenters. The second kappa shape index (κ2) is 7.86. The fourth-order valence-corrected chi connectivity index (χ4v) is 82.7. The zero-order chi connectivity index (χ0) is 25.5. The fourth-order valence-electron chi connectivity index (χ4n) is 7.76. The van der Waals surface area contributed by atoms with Gasteiger partial charge in [0.05, 0.1) is 32.3 Å². The summed E-state index contributed by atoms with van der Waals surface area (Å²) in [5.74, 6) is 0. The normalized spacial score (nSPS) is 25.6. The van der Waals surface area contributed by atoms with Crippen molar-refractivity contribution >= 4 is 57.9 Å². The van der Waals surface area contributed by atoms with E-state index >= 15 is 0 Å². The van der Waals surface area contributed by atoms with Crippen LogP contribution in [-0.2, 0) is 0 Å². The zero-order valence-electron chi connectivity index (χ0n) is 23.8. The van der Waals surface area contributed by atoms with Gasteiger partial charge < -0.3 is 0 Å². The molecule has 2 aromatic rings. The van der Waals surface area contributed by atoms with E-state index in [1.165, 1.54) is 0 Å². The minimum Gasteiger partial charge on any atom is -0.0917 e. The molecule has 182 valence electrons. The van der Waals surface area contributed by atoms with E-state index in [9.17, 15) is 0 Å². The van der Waals surface area contributed by atoms with Crippen molar-refractivity contribution in [3.05, 3.63) is 79.9 Å². The third-order valence-corrected chi connectivity index (χ3v) is 49.1. The largest absolute Gasteiger partial charge is 0.136 e. The summed E-state index contributed by atoms with van der Waals surface area (Å²) in [6.07, 6.45) is 0. The lowest BCUT2D eigenvalue weighted by Crippen LogP contribution is -2.98. The highest BCUT2D eigenvalue weighted by Crippen LogP contribution is 2.66. The maximum atomic E-state index is 2.68. The predicted molar refractivity (Wildman–Crippen MR) is 171 cm³/mol. The van der Waals surface area contributed by atoms with Crippen LogP contribution in [0.1, 0.15) is 0 Å². The van der Waals surface area contributed by atoms with Gasteiger partial charge >= 0.3 is 0 Å². The molecule has 2 aliphatic heterocycles. The first-order valence-electron chi connectivity index (χ1n) is 13.1. The third-order valence-electron chi connectivity index (χ3n) is 7.98. The lowest BCUT2D eigenvalue weighted by atomic mass is 10.4. The van der Waals surface area contributed by atoms with Crippen LogP contribution in [0.25, 0.3) is 0 Å². The predicted octanol–water partition coefficient (Wildman–Crippen LogP) is 7.06. The summed E-state index contributed by atoms with van der Waals surface area (Å²) in [6, 6.07) is 24.2. The Kier molecular flexibility index (Phi) is 6.08. The van der Waals surface area contributed by atoms with Gasteiger partial charge in [-0.05, 0) is 0 Å². The van der Waals surface area contributed by atoms with Crippen LogP contribution in [0.5, 0.6) is 0 Å². The molecule has 0 N–H and O–H groups in total. The summed E-state index contributed by atoms with van der Waals surface area (Å²) in [4.78, 5) is 8.39. The van der Waals surface area contributed by atoms with Gasteiger partial charge in [-0.3, -0.25) is 0 Å². The first-order chi connectivity index (χ1) is 15.4. The van der Waals surface area contributed by atoms with Crippen LogP contribution in [0.3, 0.4) is 0 Å². The first-order valence-corrected chi connectivity index (χ1v) is 32.1. The van der Waals surface area contributed by atoms with Crippen molar-refractivity contribution < 1.29 is 0 Å². The van der Waals surface area contributed by atoms with Gasteiger partial charge in [-0.2, -0.15) is 0 Å². The molecule has 0 bridgehead atoms. The van der Waals surface area contributed by atoms with Crippen molar-refractivity contribution in [2.45, 2.75) is 78.6 Å². The van der Waals surface area contributed by atoms with Gasteiger partial charge in [-0.1, -0.05) is 169 Å². The van der Waals surface area contributed by atoms with Gasteiger partial charge in [0, 0.05) is 0 Å². The van der Waals surface area contributed by atoms with Crippen LogP contribution in [0.15, 0.2) is 79.9 Å². The molecule has 2 heterocycles. The molecule has 0 spiro atoms. The van der Waals surface area contributed by atoms with Crippen LogP contribution >= 0.6 is 0 Å². The smallest absolute Gasteiger partial charge is 0.0917 e. The summed E-state index contributed by atoms with van der Waals surface area (Å²) in [7, 11) is -10.1. The molecule has 0 atom stereocenters. The van der Waals surface area contributed by atoms with Crippen molar-refractivity contribution in [3.8, 4) is 0 Å². The highest BCUT2D eigenvalue weighted by molar-refractivity contribution is 7.76. The standard InChI is InChI=1S/C28H46Si6/c1-29(2,3)25-26(30(4,5)6)34(24-21-17-14-18-22-24)28(32(10,11)12)27(31(7,8)9)33(25,34)23-19-15-13-16-20-23/h13-22H,1-12H3. The average molecular weight is 551 g/mol. The molecular formula is C28H46Si6. The Labute approximate surface area is 215 Å². The van der Waals surface area contributed by atoms with Crippen LogP contribution in [0, 0.1) is 0 Å². The molecule has 2 aliphatic rings. The lowest BCUT2D eigenvalue weighted by molar-refractivity contribution is 1.48. The average Bonchev–Trinajstić information content (AvgIpc) is 2.66. The zero-order valence-corrected chi connectivity index (χ0v) is 29.8.